The minimum Gasteiger partial charge on any atom is -0.0616 e. The molecule has 0 bridgehead atoms. The second kappa shape index (κ2) is 4.99. The molecule has 0 saturated heterocycles. The molecular formula is C28H16. The zero-order valence-electron chi connectivity index (χ0n) is 15.2. The fourth-order valence-electron chi connectivity index (χ4n) is 5.12. The summed E-state index contributed by atoms with van der Waals surface area (Å²) in [5.41, 5.74) is 0. The lowest BCUT2D eigenvalue weighted by molar-refractivity contribution is 1.79. The van der Waals surface area contributed by atoms with Crippen molar-refractivity contribution in [3.05, 3.63) is 97.1 Å². The molecule has 7 aromatic carbocycles. The minimum absolute atomic E-state index is 1.30. The molecule has 0 amide bonds. The van der Waals surface area contributed by atoms with Crippen molar-refractivity contribution in [2.24, 2.45) is 0 Å². The number of benzene rings is 7. The van der Waals surface area contributed by atoms with Crippen LogP contribution in [-0.4, -0.2) is 0 Å². The van der Waals surface area contributed by atoms with Crippen LogP contribution in [0.25, 0.3) is 64.6 Å². The van der Waals surface area contributed by atoms with Crippen LogP contribution in [0.5, 0.6) is 0 Å². The highest BCUT2D eigenvalue weighted by atomic mass is 14.2. The van der Waals surface area contributed by atoms with Gasteiger partial charge in [0.25, 0.3) is 0 Å². The summed E-state index contributed by atoms with van der Waals surface area (Å²) in [6, 6.07) is 35.9. The average molecular weight is 352 g/mol. The second-order valence-corrected chi connectivity index (χ2v) is 7.78. The molecule has 0 saturated carbocycles. The van der Waals surface area contributed by atoms with Crippen LogP contribution in [0.3, 0.4) is 0 Å². The molecule has 0 radical (unpaired) electrons. The van der Waals surface area contributed by atoms with E-state index in [-0.39, 0.29) is 0 Å². The Morgan fingerprint density at radius 2 is 0.857 bits per heavy atom. The highest BCUT2D eigenvalue weighted by Crippen LogP contribution is 2.43. The predicted octanol–water partition coefficient (Wildman–Crippen LogP) is 8.04. The molecule has 7 rings (SSSR count). The van der Waals surface area contributed by atoms with Gasteiger partial charge in [0.15, 0.2) is 0 Å². The summed E-state index contributed by atoms with van der Waals surface area (Å²) >= 11 is 0. The van der Waals surface area contributed by atoms with Crippen molar-refractivity contribution < 1.29 is 0 Å². The number of hydrogen-bond acceptors (Lipinski definition) is 0. The normalized spacial score (nSPS) is 12.3. The van der Waals surface area contributed by atoms with Crippen molar-refractivity contribution in [2.75, 3.05) is 0 Å². The standard InChI is InChI=1S/C28H16/c1-2-6-20-16-25-21(15-19(20)5-1)13-14-23-22-9-3-7-17-11-12-18-8-4-10-24(28(23)25)27(18)26(17)22/h1-16H. The van der Waals surface area contributed by atoms with Crippen LogP contribution in [0, 0.1) is 0 Å². The molecule has 0 spiro atoms. The van der Waals surface area contributed by atoms with E-state index in [4.69, 9.17) is 0 Å². The Labute approximate surface area is 162 Å². The lowest BCUT2D eigenvalue weighted by atomic mass is 9.87. The largest absolute Gasteiger partial charge is 0.0616 e. The van der Waals surface area contributed by atoms with E-state index < -0.39 is 0 Å². The van der Waals surface area contributed by atoms with E-state index in [1.54, 1.807) is 0 Å². The number of fused-ring (bicyclic) bond motifs is 6. The maximum absolute atomic E-state index is 2.37. The molecule has 0 N–H and O–H groups in total. The Hall–Kier alpha value is -3.64. The van der Waals surface area contributed by atoms with Gasteiger partial charge >= 0.3 is 0 Å². The molecule has 0 unspecified atom stereocenters. The highest BCUT2D eigenvalue weighted by Gasteiger charge is 2.14. The van der Waals surface area contributed by atoms with E-state index in [1.165, 1.54) is 64.6 Å². The van der Waals surface area contributed by atoms with Gasteiger partial charge in [-0.2, -0.15) is 0 Å². The summed E-state index contributed by atoms with van der Waals surface area (Å²) in [6.45, 7) is 0. The second-order valence-electron chi connectivity index (χ2n) is 7.78. The Morgan fingerprint density at radius 1 is 0.286 bits per heavy atom. The molecule has 128 valence electrons. The van der Waals surface area contributed by atoms with Crippen LogP contribution in [-0.2, 0) is 0 Å². The van der Waals surface area contributed by atoms with E-state index in [2.05, 4.69) is 97.1 Å². The number of hydrogen-bond donors (Lipinski definition) is 0. The van der Waals surface area contributed by atoms with Crippen LogP contribution in [0.1, 0.15) is 0 Å². The molecule has 0 aromatic heterocycles. The van der Waals surface area contributed by atoms with Crippen molar-refractivity contribution in [3.8, 4) is 0 Å². The Morgan fingerprint density at radius 3 is 1.64 bits per heavy atom. The van der Waals surface area contributed by atoms with Crippen LogP contribution < -0.4 is 0 Å². The molecular weight excluding hydrogens is 336 g/mol. The molecule has 7 aromatic rings. The van der Waals surface area contributed by atoms with E-state index >= 15 is 0 Å². The van der Waals surface area contributed by atoms with Gasteiger partial charge in [-0.1, -0.05) is 84.9 Å². The highest BCUT2D eigenvalue weighted by molar-refractivity contribution is 6.37. The van der Waals surface area contributed by atoms with Crippen molar-refractivity contribution >= 4 is 64.6 Å². The van der Waals surface area contributed by atoms with Gasteiger partial charge in [-0.25, -0.2) is 0 Å². The summed E-state index contributed by atoms with van der Waals surface area (Å²) in [6.07, 6.45) is 0. The molecule has 0 heteroatoms. The molecule has 0 aliphatic carbocycles. The molecule has 28 heavy (non-hydrogen) atoms. The first kappa shape index (κ1) is 14.4. The zero-order chi connectivity index (χ0) is 18.2. The molecule has 0 fully saturated rings. The zero-order valence-corrected chi connectivity index (χ0v) is 15.2. The first-order valence-corrected chi connectivity index (χ1v) is 9.79. The molecule has 0 aliphatic heterocycles. The third-order valence-corrected chi connectivity index (χ3v) is 6.33. The third-order valence-electron chi connectivity index (χ3n) is 6.33. The van der Waals surface area contributed by atoms with E-state index in [0.29, 0.717) is 0 Å². The quantitative estimate of drug-likeness (QED) is 0.191. The van der Waals surface area contributed by atoms with E-state index in [0.717, 1.165) is 0 Å². The monoisotopic (exact) mass is 352 g/mol. The maximum Gasteiger partial charge on any atom is -0.00199 e. The topological polar surface area (TPSA) is 0 Å². The summed E-state index contributed by atoms with van der Waals surface area (Å²) in [4.78, 5) is 0. The van der Waals surface area contributed by atoms with Crippen molar-refractivity contribution in [2.45, 2.75) is 0 Å². The summed E-state index contributed by atoms with van der Waals surface area (Å²) in [7, 11) is 0. The van der Waals surface area contributed by atoms with Crippen LogP contribution in [0.4, 0.5) is 0 Å². The molecule has 0 atom stereocenters. The third kappa shape index (κ3) is 1.70. The van der Waals surface area contributed by atoms with Gasteiger partial charge in [-0.3, -0.25) is 0 Å². The lowest BCUT2D eigenvalue weighted by Crippen LogP contribution is -1.88. The first-order chi connectivity index (χ1) is 13.9. The minimum atomic E-state index is 1.30. The Kier molecular flexibility index (Phi) is 2.57. The number of rotatable bonds is 0. The van der Waals surface area contributed by atoms with Gasteiger partial charge in [-0.15, -0.1) is 0 Å². The Balaban J connectivity index is 1.87. The van der Waals surface area contributed by atoms with Crippen molar-refractivity contribution in [1.29, 1.82) is 0 Å². The molecule has 0 heterocycles. The summed E-state index contributed by atoms with van der Waals surface area (Å²) in [5.74, 6) is 0. The van der Waals surface area contributed by atoms with Gasteiger partial charge in [0, 0.05) is 0 Å². The maximum atomic E-state index is 2.37. The fraction of sp³-hybridized carbons (Fsp3) is 0. The average Bonchev–Trinajstić information content (AvgIpc) is 2.76. The van der Waals surface area contributed by atoms with Gasteiger partial charge in [0.2, 0.25) is 0 Å². The van der Waals surface area contributed by atoms with Gasteiger partial charge in [0.1, 0.15) is 0 Å². The van der Waals surface area contributed by atoms with Crippen molar-refractivity contribution in [1.82, 2.24) is 0 Å². The smallest absolute Gasteiger partial charge is 0.00199 e. The van der Waals surface area contributed by atoms with E-state index in [9.17, 15) is 0 Å². The Bertz CT molecular complexity index is 1700. The van der Waals surface area contributed by atoms with Gasteiger partial charge in [0.05, 0.1) is 0 Å². The fourth-order valence-corrected chi connectivity index (χ4v) is 5.12. The van der Waals surface area contributed by atoms with Gasteiger partial charge < -0.3 is 0 Å². The first-order valence-electron chi connectivity index (χ1n) is 9.79. The predicted molar refractivity (Wildman–Crippen MR) is 123 cm³/mol. The van der Waals surface area contributed by atoms with Crippen LogP contribution in [0.2, 0.25) is 0 Å². The van der Waals surface area contributed by atoms with Gasteiger partial charge in [-0.05, 0) is 76.8 Å². The van der Waals surface area contributed by atoms with E-state index in [1.807, 2.05) is 0 Å². The van der Waals surface area contributed by atoms with Crippen LogP contribution in [0.15, 0.2) is 97.1 Å². The molecule has 0 nitrogen and oxygen atoms in total. The summed E-state index contributed by atoms with van der Waals surface area (Å²) < 4.78 is 0. The lowest BCUT2D eigenvalue weighted by Gasteiger charge is -2.16. The van der Waals surface area contributed by atoms with Crippen LogP contribution >= 0.6 is 0 Å². The SMILES string of the molecule is c1ccc2cc3c(ccc4c5cccc6ccc7cccc(c34)c7c65)cc2c1. The molecule has 0 aliphatic rings. The van der Waals surface area contributed by atoms with Crippen molar-refractivity contribution in [3.63, 3.8) is 0 Å². The summed E-state index contributed by atoms with van der Waals surface area (Å²) in [5, 5.41) is 16.1.